The second-order valence-electron chi connectivity index (χ2n) is 13.2. The molecule has 0 aromatic heterocycles. The van der Waals surface area contributed by atoms with E-state index in [1.54, 1.807) is 0 Å². The van der Waals surface area contributed by atoms with Crippen molar-refractivity contribution in [3.05, 3.63) is 11.6 Å². The molecule has 1 N–H and O–H groups in total. The number of fused-ring (bicyclic) bond motifs is 1. The predicted octanol–water partition coefficient (Wildman–Crippen LogP) is 6.39. The number of carbonyl (C=O) groups is 2. The van der Waals surface area contributed by atoms with E-state index in [9.17, 15) is 14.7 Å². The Hall–Kier alpha value is -0.893. The number of aliphatic hydroxyl groups is 1. The molecule has 1 heterocycles. The fraction of sp³-hybridized carbons (Fsp3) is 0.862. The summed E-state index contributed by atoms with van der Waals surface area (Å²) >= 11 is 6.74. The van der Waals surface area contributed by atoms with Gasteiger partial charge in [-0.3, -0.25) is 9.59 Å². The lowest BCUT2D eigenvalue weighted by molar-refractivity contribution is -0.162. The Labute approximate surface area is 230 Å². The number of cyclic esters (lactones) is 1. The average molecular weight is 557 g/mol. The van der Waals surface area contributed by atoms with Crippen LogP contribution in [0.25, 0.3) is 0 Å². The molecular weight excluding hydrogens is 508 g/mol. The van der Waals surface area contributed by atoms with Crippen LogP contribution in [0.4, 0.5) is 0 Å². The summed E-state index contributed by atoms with van der Waals surface area (Å²) in [5.74, 6) is -0.474. The molecule has 212 valence electrons. The van der Waals surface area contributed by atoms with Crippen molar-refractivity contribution in [1.82, 2.24) is 0 Å². The molecule has 9 atom stereocenters. The highest BCUT2D eigenvalue weighted by atomic mass is 35.5. The lowest BCUT2D eigenvalue weighted by atomic mass is 9.63. The monoisotopic (exact) mass is 556 g/mol. The number of hydrogen-bond donors (Lipinski definition) is 1. The molecule has 0 aromatic carbocycles. The molecule has 8 heteroatoms. The second-order valence-corrected chi connectivity index (χ2v) is 18.4. The summed E-state index contributed by atoms with van der Waals surface area (Å²) in [6.45, 7) is 17.0. The Morgan fingerprint density at radius 3 is 2.57 bits per heavy atom. The first-order valence-corrected chi connectivity index (χ1v) is 17.6. The molecule has 1 aliphatic heterocycles. The Morgan fingerprint density at radius 2 is 1.95 bits per heavy atom. The number of ether oxygens (including phenoxy) is 2. The molecule has 3 rings (SSSR count). The van der Waals surface area contributed by atoms with Crippen LogP contribution >= 0.6 is 11.6 Å². The Balaban J connectivity index is 1.74. The van der Waals surface area contributed by atoms with Crippen molar-refractivity contribution in [2.75, 3.05) is 0 Å². The highest BCUT2D eigenvalue weighted by molar-refractivity contribution is 6.74. The van der Waals surface area contributed by atoms with Crippen LogP contribution in [0, 0.1) is 23.7 Å². The lowest BCUT2D eigenvalue weighted by Gasteiger charge is -2.47. The van der Waals surface area contributed by atoms with E-state index in [2.05, 4.69) is 40.8 Å². The van der Waals surface area contributed by atoms with Crippen LogP contribution in [-0.2, 0) is 23.5 Å². The summed E-state index contributed by atoms with van der Waals surface area (Å²) in [6.07, 6.45) is 5.35. The molecule has 0 spiro atoms. The molecule has 3 aliphatic rings. The van der Waals surface area contributed by atoms with E-state index < -0.39 is 14.4 Å². The van der Waals surface area contributed by atoms with Gasteiger partial charge < -0.3 is 19.0 Å². The third-order valence-electron chi connectivity index (χ3n) is 9.48. The zero-order valence-electron chi connectivity index (χ0n) is 24.1. The van der Waals surface area contributed by atoms with Gasteiger partial charge in [0.05, 0.1) is 29.9 Å². The van der Waals surface area contributed by atoms with Crippen molar-refractivity contribution in [3.8, 4) is 0 Å². The Kier molecular flexibility index (Phi) is 10.0. The van der Waals surface area contributed by atoms with Gasteiger partial charge in [0, 0.05) is 12.3 Å². The summed E-state index contributed by atoms with van der Waals surface area (Å²) in [4.78, 5) is 25.2. The Bertz CT molecular complexity index is 852. The first-order valence-electron chi connectivity index (χ1n) is 14.3. The van der Waals surface area contributed by atoms with Gasteiger partial charge in [-0.2, -0.15) is 0 Å². The highest BCUT2D eigenvalue weighted by Gasteiger charge is 2.47. The summed E-state index contributed by atoms with van der Waals surface area (Å²) in [6, 6.07) is 0. The molecular formula is C29H49ClO6Si. The number of esters is 2. The number of hydrogen-bond acceptors (Lipinski definition) is 6. The molecule has 0 bridgehead atoms. The third kappa shape index (κ3) is 7.20. The molecule has 2 aliphatic carbocycles. The molecule has 1 saturated heterocycles. The minimum absolute atomic E-state index is 0.0147. The third-order valence-corrected chi connectivity index (χ3v) is 14.5. The summed E-state index contributed by atoms with van der Waals surface area (Å²) in [5, 5.41) is 10.8. The van der Waals surface area contributed by atoms with Gasteiger partial charge in [-0.1, -0.05) is 47.6 Å². The van der Waals surface area contributed by atoms with Gasteiger partial charge in [0.2, 0.25) is 0 Å². The molecule has 0 radical (unpaired) electrons. The van der Waals surface area contributed by atoms with Crippen LogP contribution in [0.2, 0.25) is 18.1 Å². The van der Waals surface area contributed by atoms with E-state index in [4.69, 9.17) is 25.5 Å². The highest BCUT2D eigenvalue weighted by Crippen LogP contribution is 2.48. The van der Waals surface area contributed by atoms with Crippen LogP contribution < -0.4 is 0 Å². The largest absolute Gasteiger partial charge is 0.462 e. The fourth-order valence-electron chi connectivity index (χ4n) is 5.84. The number of carbonyl (C=O) groups excluding carboxylic acids is 2. The molecule has 0 amide bonds. The minimum atomic E-state index is -2.01. The maximum absolute atomic E-state index is 12.7. The second kappa shape index (κ2) is 12.1. The van der Waals surface area contributed by atoms with E-state index >= 15 is 0 Å². The van der Waals surface area contributed by atoms with Crippen LogP contribution in [0.5, 0.6) is 0 Å². The average Bonchev–Trinajstić information content (AvgIpc) is 2.79. The van der Waals surface area contributed by atoms with Crippen molar-refractivity contribution in [2.45, 2.75) is 134 Å². The molecule has 6 nitrogen and oxygen atoms in total. The quantitative estimate of drug-likeness (QED) is 0.161. The van der Waals surface area contributed by atoms with Gasteiger partial charge in [-0.15, -0.1) is 11.6 Å². The topological polar surface area (TPSA) is 82.1 Å². The van der Waals surface area contributed by atoms with Crippen molar-refractivity contribution in [1.29, 1.82) is 0 Å². The SMILES string of the molecule is CC[C@H](C)C(=O)OC1CC[C@H](Cl)C2=C[C@@H](O)[C@H](C)[C@H](CCC3C[C@@H](O[Si](C)(C)C(C)(C)C)CC(=O)O3)[C@H]21. The zero-order chi connectivity index (χ0) is 27.7. The first kappa shape index (κ1) is 30.6. The van der Waals surface area contributed by atoms with E-state index in [0.29, 0.717) is 19.3 Å². The van der Waals surface area contributed by atoms with Gasteiger partial charge in [0.15, 0.2) is 8.32 Å². The van der Waals surface area contributed by atoms with E-state index in [-0.39, 0.29) is 64.3 Å². The van der Waals surface area contributed by atoms with Crippen molar-refractivity contribution < 1.29 is 28.6 Å². The molecule has 37 heavy (non-hydrogen) atoms. The lowest BCUT2D eigenvalue weighted by Crippen LogP contribution is -2.48. The maximum atomic E-state index is 12.7. The normalized spacial score (nSPS) is 35.7. The van der Waals surface area contributed by atoms with E-state index in [0.717, 1.165) is 31.3 Å². The number of alkyl halides is 1. The van der Waals surface area contributed by atoms with Gasteiger partial charge >= 0.3 is 11.9 Å². The van der Waals surface area contributed by atoms with Crippen LogP contribution in [0.15, 0.2) is 11.6 Å². The van der Waals surface area contributed by atoms with Crippen molar-refractivity contribution in [3.63, 3.8) is 0 Å². The number of rotatable bonds is 8. The summed E-state index contributed by atoms with van der Waals surface area (Å²) < 4.78 is 18.4. The molecule has 2 unspecified atom stereocenters. The van der Waals surface area contributed by atoms with Gasteiger partial charge in [-0.25, -0.2) is 0 Å². The first-order chi connectivity index (χ1) is 17.1. The van der Waals surface area contributed by atoms with E-state index in [1.165, 1.54) is 0 Å². The number of halogens is 1. The van der Waals surface area contributed by atoms with Crippen LogP contribution in [-0.4, -0.2) is 55.2 Å². The molecule has 0 aromatic rings. The van der Waals surface area contributed by atoms with Crippen LogP contribution in [0.3, 0.4) is 0 Å². The van der Waals surface area contributed by atoms with Crippen molar-refractivity contribution in [2.24, 2.45) is 23.7 Å². The van der Waals surface area contributed by atoms with Gasteiger partial charge in [0.1, 0.15) is 12.2 Å². The molecule has 2 fully saturated rings. The number of aliphatic hydroxyl groups excluding tert-OH is 1. The Morgan fingerprint density at radius 1 is 1.27 bits per heavy atom. The smallest absolute Gasteiger partial charge is 0.308 e. The maximum Gasteiger partial charge on any atom is 0.308 e. The summed E-state index contributed by atoms with van der Waals surface area (Å²) in [7, 11) is -2.01. The molecule has 1 saturated carbocycles. The summed E-state index contributed by atoms with van der Waals surface area (Å²) in [5.41, 5.74) is 1.00. The van der Waals surface area contributed by atoms with Gasteiger partial charge in [-0.05, 0) is 67.6 Å². The zero-order valence-corrected chi connectivity index (χ0v) is 25.8. The van der Waals surface area contributed by atoms with E-state index in [1.807, 2.05) is 19.9 Å². The fourth-order valence-corrected chi connectivity index (χ4v) is 7.55. The predicted molar refractivity (Wildman–Crippen MR) is 149 cm³/mol. The standard InChI is InChI=1S/C29H49ClO6Si/c1-9-17(2)28(33)35-25-13-12-23(30)22-16-24(31)18(3)21(27(22)25)11-10-19-14-20(15-26(32)34-19)36-37(7,8)29(4,5)6/h16-21,23-25,27,31H,9-15H2,1-8H3/t17-,18+,19?,20+,21-,23-,24+,25?,27+/m0/s1. The minimum Gasteiger partial charge on any atom is -0.462 e. The van der Waals surface area contributed by atoms with Crippen LogP contribution in [0.1, 0.15) is 86.5 Å². The van der Waals surface area contributed by atoms with Gasteiger partial charge in [0.25, 0.3) is 0 Å². The van der Waals surface area contributed by atoms with Crippen molar-refractivity contribution >= 4 is 31.9 Å².